The summed E-state index contributed by atoms with van der Waals surface area (Å²) < 4.78 is 254. The number of carbonyl (C=O) groups is 1. The van der Waals surface area contributed by atoms with Crippen LogP contribution in [0.2, 0.25) is 0 Å². The molecule has 1 aliphatic rings. The molecule has 1 aromatic carbocycles. The third-order valence-corrected chi connectivity index (χ3v) is 7.62. The molecule has 0 aliphatic heterocycles. The molecule has 0 amide bonds. The Morgan fingerprint density at radius 1 is 0.581 bits per heavy atom. The highest BCUT2D eigenvalue weighted by Crippen LogP contribution is 2.64. The Hall–Kier alpha value is -2.55. The molecule has 4 nitrogen and oxygen atoms in total. The summed E-state index contributed by atoms with van der Waals surface area (Å²) in [5.74, 6) is -54.7. The molecule has 248 valence electrons. The first-order valence-electron chi connectivity index (χ1n) is 11.3. The highest BCUT2D eigenvalue weighted by Gasteiger charge is 2.96. The third kappa shape index (κ3) is 5.48. The smallest absolute Gasteiger partial charge is 0.378 e. The fourth-order valence-electron chi connectivity index (χ4n) is 3.76. The van der Waals surface area contributed by atoms with E-state index in [1.54, 1.807) is 0 Å². The maximum atomic E-state index is 14.2. The van der Waals surface area contributed by atoms with Crippen LogP contribution in [0.25, 0.3) is 0 Å². The van der Waals surface area contributed by atoms with Crippen molar-refractivity contribution in [1.82, 2.24) is 0 Å². The van der Waals surface area contributed by atoms with Crippen LogP contribution in [0, 0.1) is 5.92 Å². The molecule has 1 fully saturated rings. The van der Waals surface area contributed by atoms with Gasteiger partial charge >= 0.3 is 57.1 Å². The van der Waals surface area contributed by atoms with E-state index in [2.05, 4.69) is 4.18 Å². The SMILES string of the molecule is O=C(c1ccc(OS(=O)(=O)C(F)(F)C(F)(F)C(F)(F)C(F)(F)C(F)(F)C(F)(F)C(F)(F)C(F)(F)F)cc1)C1CCCCC1. The van der Waals surface area contributed by atoms with Gasteiger partial charge in [0.05, 0.1) is 0 Å². The zero-order valence-corrected chi connectivity index (χ0v) is 21.2. The first kappa shape index (κ1) is 36.6. The number of halogens is 17. The minimum Gasteiger partial charge on any atom is -0.378 e. The Kier molecular flexibility index (Phi) is 9.21. The number of hydrogen-bond donors (Lipinski definition) is 0. The Morgan fingerprint density at radius 3 is 1.35 bits per heavy atom. The summed E-state index contributed by atoms with van der Waals surface area (Å²) in [5, 5.41) is -7.79. The van der Waals surface area contributed by atoms with Gasteiger partial charge in [-0.2, -0.15) is 83.1 Å². The Bertz CT molecular complexity index is 1280. The van der Waals surface area contributed by atoms with Crippen molar-refractivity contribution in [3.8, 4) is 5.75 Å². The van der Waals surface area contributed by atoms with E-state index in [9.17, 15) is 87.8 Å². The van der Waals surface area contributed by atoms with Gasteiger partial charge < -0.3 is 4.18 Å². The highest BCUT2D eigenvalue weighted by atomic mass is 32.2. The third-order valence-electron chi connectivity index (χ3n) is 6.33. The van der Waals surface area contributed by atoms with Crippen LogP contribution in [-0.4, -0.2) is 61.2 Å². The predicted octanol–water partition coefficient (Wildman–Crippen LogP) is 8.13. The molecule has 0 radical (unpaired) electrons. The number of benzene rings is 1. The summed E-state index contributed by atoms with van der Waals surface area (Å²) in [6.07, 6.45) is -4.97. The van der Waals surface area contributed by atoms with Gasteiger partial charge in [0.1, 0.15) is 5.75 Å². The van der Waals surface area contributed by atoms with Crippen LogP contribution in [-0.2, 0) is 10.1 Å². The largest absolute Gasteiger partial charge is 0.460 e. The van der Waals surface area contributed by atoms with E-state index in [-0.39, 0.29) is 5.56 Å². The van der Waals surface area contributed by atoms with Gasteiger partial charge in [-0.3, -0.25) is 4.79 Å². The molecule has 0 N–H and O–H groups in total. The molecule has 0 atom stereocenters. The highest BCUT2D eigenvalue weighted by molar-refractivity contribution is 7.88. The second-order valence-corrected chi connectivity index (χ2v) is 10.8. The molecule has 0 saturated heterocycles. The molecular formula is C21H15F17O4S. The fraction of sp³-hybridized carbons (Fsp3) is 0.667. The van der Waals surface area contributed by atoms with E-state index >= 15 is 0 Å². The van der Waals surface area contributed by atoms with E-state index in [0.29, 0.717) is 49.9 Å². The van der Waals surface area contributed by atoms with Crippen LogP contribution in [0.5, 0.6) is 5.75 Å². The summed E-state index contributed by atoms with van der Waals surface area (Å²) in [7, 11) is -7.74. The minimum atomic E-state index is -8.93. The molecule has 0 heterocycles. The first-order valence-corrected chi connectivity index (χ1v) is 12.7. The van der Waals surface area contributed by atoms with Crippen LogP contribution in [0.1, 0.15) is 42.5 Å². The molecule has 2 rings (SSSR count). The van der Waals surface area contributed by atoms with Crippen molar-refractivity contribution in [3.05, 3.63) is 29.8 Å². The summed E-state index contributed by atoms with van der Waals surface area (Å²) in [6.45, 7) is 0. The molecule has 1 saturated carbocycles. The molecule has 0 unspecified atom stereocenters. The average Bonchev–Trinajstić information content (AvgIpc) is 2.87. The van der Waals surface area contributed by atoms with E-state index in [1.165, 1.54) is 0 Å². The minimum absolute atomic E-state index is 0.223. The quantitative estimate of drug-likeness (QED) is 0.134. The second-order valence-electron chi connectivity index (χ2n) is 9.22. The number of Topliss-reactive ketones (excluding diaryl/α,β-unsaturated/α-hetero) is 1. The van der Waals surface area contributed by atoms with Gasteiger partial charge in [0.25, 0.3) is 0 Å². The number of ketones is 1. The molecule has 22 heteroatoms. The number of carbonyl (C=O) groups excluding carboxylic acids is 1. The van der Waals surface area contributed by atoms with Crippen molar-refractivity contribution in [1.29, 1.82) is 0 Å². The van der Waals surface area contributed by atoms with Gasteiger partial charge in [0.2, 0.25) is 0 Å². The lowest BCUT2D eigenvalue weighted by Crippen LogP contribution is -2.75. The van der Waals surface area contributed by atoms with Gasteiger partial charge in [-0.05, 0) is 37.1 Å². The van der Waals surface area contributed by atoms with Gasteiger partial charge in [-0.15, -0.1) is 0 Å². The van der Waals surface area contributed by atoms with Gasteiger partial charge in [-0.1, -0.05) is 19.3 Å². The molecule has 43 heavy (non-hydrogen) atoms. The summed E-state index contributed by atoms with van der Waals surface area (Å²) in [5.41, 5.74) is -0.223. The van der Waals surface area contributed by atoms with E-state index in [1.807, 2.05) is 0 Å². The molecule has 1 aliphatic carbocycles. The summed E-state index contributed by atoms with van der Waals surface area (Å²) >= 11 is 0. The molecule has 0 bridgehead atoms. The Balaban J connectivity index is 2.46. The standard InChI is InChI=1S/C21H15F17O4S/c22-14(23,16(26,27)18(30,31)20(34,35)36)15(24,25)17(28,29)19(32,33)21(37,38)43(40,41)42-12-8-6-11(7-9-12)13(39)10-4-2-1-3-5-10/h6-10H,1-5H2. The van der Waals surface area contributed by atoms with Crippen LogP contribution in [0.15, 0.2) is 24.3 Å². The molecule has 1 aromatic rings. The number of hydrogen-bond acceptors (Lipinski definition) is 4. The van der Waals surface area contributed by atoms with Crippen molar-refractivity contribution in [2.24, 2.45) is 5.92 Å². The van der Waals surface area contributed by atoms with Crippen LogP contribution < -0.4 is 4.18 Å². The maximum absolute atomic E-state index is 14.2. The molecule has 0 aromatic heterocycles. The van der Waals surface area contributed by atoms with E-state index < -0.39 is 74.5 Å². The number of rotatable bonds is 11. The first-order chi connectivity index (χ1) is 19.0. The van der Waals surface area contributed by atoms with Crippen LogP contribution in [0.4, 0.5) is 74.6 Å². The Labute approximate surface area is 229 Å². The Morgan fingerprint density at radius 2 is 0.953 bits per heavy atom. The lowest BCUT2D eigenvalue weighted by molar-refractivity contribution is -0.458. The number of alkyl halides is 17. The van der Waals surface area contributed by atoms with Crippen molar-refractivity contribution in [2.75, 3.05) is 0 Å². The van der Waals surface area contributed by atoms with E-state index in [0.717, 1.165) is 6.42 Å². The van der Waals surface area contributed by atoms with Gasteiger partial charge in [0.15, 0.2) is 5.78 Å². The topological polar surface area (TPSA) is 60.4 Å². The molecular weight excluding hydrogens is 671 g/mol. The zero-order chi connectivity index (χ0) is 33.9. The van der Waals surface area contributed by atoms with Crippen molar-refractivity contribution in [3.63, 3.8) is 0 Å². The van der Waals surface area contributed by atoms with Gasteiger partial charge in [-0.25, -0.2) is 0 Å². The normalized spacial score (nSPS) is 17.6. The van der Waals surface area contributed by atoms with E-state index in [4.69, 9.17) is 0 Å². The van der Waals surface area contributed by atoms with Crippen molar-refractivity contribution >= 4 is 15.9 Å². The average molecular weight is 686 g/mol. The van der Waals surface area contributed by atoms with Crippen LogP contribution >= 0.6 is 0 Å². The van der Waals surface area contributed by atoms with Crippen molar-refractivity contribution < 1.29 is 92.0 Å². The lowest BCUT2D eigenvalue weighted by atomic mass is 9.84. The fourth-order valence-corrected chi connectivity index (χ4v) is 4.67. The zero-order valence-electron chi connectivity index (χ0n) is 20.4. The second kappa shape index (κ2) is 10.8. The summed E-state index contributed by atoms with van der Waals surface area (Å²) in [6, 6.07) is 1.96. The predicted molar refractivity (Wildman–Crippen MR) is 108 cm³/mol. The van der Waals surface area contributed by atoms with Crippen LogP contribution in [0.3, 0.4) is 0 Å². The lowest BCUT2D eigenvalue weighted by Gasteiger charge is -2.42. The van der Waals surface area contributed by atoms with Gasteiger partial charge in [0, 0.05) is 11.5 Å². The monoisotopic (exact) mass is 686 g/mol. The summed E-state index contributed by atoms with van der Waals surface area (Å²) in [4.78, 5) is 12.4. The molecule has 0 spiro atoms. The van der Waals surface area contributed by atoms with Crippen molar-refractivity contribution in [2.45, 2.75) is 79.1 Å². The maximum Gasteiger partial charge on any atom is 0.460 e.